The monoisotopic (exact) mass is 198 g/mol. The molecule has 0 aromatic carbocycles. The Kier molecular flexibility index (Phi) is 2.75. The molecule has 0 aliphatic carbocycles. The average Bonchev–Trinajstić information content (AvgIpc) is 2.74. The molecule has 5 heteroatoms. The molecule has 0 spiro atoms. The Hall–Kier alpha value is -0.680. The molecule has 1 unspecified atom stereocenters. The third-order valence-corrected chi connectivity index (χ3v) is 3.11. The van der Waals surface area contributed by atoms with E-state index in [1.54, 1.807) is 6.33 Å². The first kappa shape index (κ1) is 8.90. The van der Waals surface area contributed by atoms with E-state index in [0.717, 1.165) is 18.2 Å². The van der Waals surface area contributed by atoms with E-state index >= 15 is 0 Å². The third kappa shape index (κ3) is 2.16. The number of nitrogens with zero attached hydrogens (tertiary/aromatic N) is 3. The minimum atomic E-state index is 0.633. The first-order chi connectivity index (χ1) is 6.36. The van der Waals surface area contributed by atoms with Gasteiger partial charge in [0.05, 0.1) is 0 Å². The number of rotatable bonds is 3. The summed E-state index contributed by atoms with van der Waals surface area (Å²) in [6, 6.07) is 0.633. The summed E-state index contributed by atoms with van der Waals surface area (Å²) in [5.41, 5.74) is 0. The van der Waals surface area contributed by atoms with Crippen LogP contribution >= 0.6 is 11.5 Å². The molecule has 1 N–H and O–H groups in total. The normalized spacial score (nSPS) is 22.1. The van der Waals surface area contributed by atoms with Gasteiger partial charge in [-0.3, -0.25) is 0 Å². The second-order valence-corrected chi connectivity index (χ2v) is 4.16. The number of likely N-dealkylation sites (N-methyl/N-ethyl adjacent to an activating group) is 1. The molecule has 2 rings (SSSR count). The summed E-state index contributed by atoms with van der Waals surface area (Å²) < 4.78 is 3.99. The molecule has 1 saturated heterocycles. The Bertz CT molecular complexity index is 243. The minimum absolute atomic E-state index is 0.633. The van der Waals surface area contributed by atoms with Gasteiger partial charge in [-0.05, 0) is 19.4 Å². The lowest BCUT2D eigenvalue weighted by atomic mass is 10.2. The van der Waals surface area contributed by atoms with Crippen molar-refractivity contribution in [2.75, 3.05) is 25.0 Å². The van der Waals surface area contributed by atoms with Gasteiger partial charge in [0.1, 0.15) is 6.33 Å². The van der Waals surface area contributed by atoms with Gasteiger partial charge in [-0.2, -0.15) is 4.37 Å². The smallest absolute Gasteiger partial charge is 0.204 e. The van der Waals surface area contributed by atoms with E-state index in [-0.39, 0.29) is 0 Å². The summed E-state index contributed by atoms with van der Waals surface area (Å²) in [5, 5.41) is 4.47. The van der Waals surface area contributed by atoms with Gasteiger partial charge in [-0.1, -0.05) is 0 Å². The van der Waals surface area contributed by atoms with Gasteiger partial charge in [-0.15, -0.1) is 0 Å². The fraction of sp³-hybridized carbons (Fsp3) is 0.750. The van der Waals surface area contributed by atoms with Gasteiger partial charge in [-0.25, -0.2) is 4.98 Å². The molecule has 1 fully saturated rings. The Balaban J connectivity index is 1.87. The van der Waals surface area contributed by atoms with Crippen molar-refractivity contribution in [3.05, 3.63) is 6.33 Å². The lowest BCUT2D eigenvalue weighted by molar-refractivity contribution is 0.599. The van der Waals surface area contributed by atoms with Crippen molar-refractivity contribution in [1.29, 1.82) is 0 Å². The van der Waals surface area contributed by atoms with Gasteiger partial charge in [0.25, 0.3) is 0 Å². The van der Waals surface area contributed by atoms with Crippen molar-refractivity contribution in [3.63, 3.8) is 0 Å². The maximum Gasteiger partial charge on any atom is 0.204 e. The van der Waals surface area contributed by atoms with Crippen LogP contribution in [0.2, 0.25) is 0 Å². The highest BCUT2D eigenvalue weighted by Crippen LogP contribution is 2.14. The van der Waals surface area contributed by atoms with Crippen LogP contribution < -0.4 is 10.2 Å². The van der Waals surface area contributed by atoms with Crippen molar-refractivity contribution >= 4 is 16.7 Å². The zero-order valence-electron chi connectivity index (χ0n) is 7.73. The van der Waals surface area contributed by atoms with Gasteiger partial charge in [0.15, 0.2) is 0 Å². The van der Waals surface area contributed by atoms with E-state index in [0.29, 0.717) is 6.04 Å². The molecular formula is C8H14N4S. The van der Waals surface area contributed by atoms with Crippen molar-refractivity contribution < 1.29 is 0 Å². The fourth-order valence-electron chi connectivity index (χ4n) is 1.66. The van der Waals surface area contributed by atoms with Crippen LogP contribution in [0, 0.1) is 0 Å². The first-order valence-electron chi connectivity index (χ1n) is 4.57. The van der Waals surface area contributed by atoms with Crippen LogP contribution in [0.4, 0.5) is 5.13 Å². The molecule has 1 aromatic rings. The number of hydrogen-bond acceptors (Lipinski definition) is 5. The molecule has 0 saturated carbocycles. The van der Waals surface area contributed by atoms with Crippen molar-refractivity contribution in [3.8, 4) is 0 Å². The molecule has 2 heterocycles. The Morgan fingerprint density at radius 2 is 2.69 bits per heavy atom. The van der Waals surface area contributed by atoms with Crippen LogP contribution in [0.25, 0.3) is 0 Å². The predicted octanol–water partition coefficient (Wildman–Crippen LogP) is 0.726. The van der Waals surface area contributed by atoms with Crippen LogP contribution in [0.3, 0.4) is 0 Å². The lowest BCUT2D eigenvalue weighted by Crippen LogP contribution is -2.35. The summed E-state index contributed by atoms with van der Waals surface area (Å²) in [7, 11) is 2.07. The molecule has 0 radical (unpaired) electrons. The number of hydrogen-bond donors (Lipinski definition) is 1. The van der Waals surface area contributed by atoms with E-state index in [4.69, 9.17) is 0 Å². The van der Waals surface area contributed by atoms with Crippen molar-refractivity contribution in [2.24, 2.45) is 0 Å². The Morgan fingerprint density at radius 1 is 1.77 bits per heavy atom. The maximum atomic E-state index is 4.16. The van der Waals surface area contributed by atoms with E-state index in [9.17, 15) is 0 Å². The second-order valence-electron chi connectivity index (χ2n) is 3.40. The third-order valence-electron chi connectivity index (χ3n) is 2.33. The van der Waals surface area contributed by atoms with E-state index in [1.807, 2.05) is 0 Å². The van der Waals surface area contributed by atoms with Gasteiger partial charge >= 0.3 is 0 Å². The largest absolute Gasteiger partial charge is 0.348 e. The molecule has 13 heavy (non-hydrogen) atoms. The van der Waals surface area contributed by atoms with Crippen molar-refractivity contribution in [2.45, 2.75) is 18.9 Å². The number of nitrogens with one attached hydrogen (secondary N) is 1. The number of aromatic nitrogens is 2. The van der Waals surface area contributed by atoms with Crippen molar-refractivity contribution in [1.82, 2.24) is 14.7 Å². The Labute approximate surface area is 82.1 Å². The van der Waals surface area contributed by atoms with Gasteiger partial charge < -0.3 is 10.2 Å². The molecule has 0 amide bonds. The molecule has 1 aromatic heterocycles. The SMILES string of the molecule is CN(CC1CCCN1)c1ncns1. The highest BCUT2D eigenvalue weighted by molar-refractivity contribution is 7.09. The summed E-state index contributed by atoms with van der Waals surface area (Å²) in [6.07, 6.45) is 4.19. The fourth-order valence-corrected chi connectivity index (χ4v) is 2.15. The summed E-state index contributed by atoms with van der Waals surface area (Å²) >= 11 is 1.45. The molecule has 4 nitrogen and oxygen atoms in total. The highest BCUT2D eigenvalue weighted by atomic mass is 32.1. The van der Waals surface area contributed by atoms with Gasteiger partial charge in [0.2, 0.25) is 5.13 Å². The minimum Gasteiger partial charge on any atom is -0.348 e. The standard InChI is InChI=1S/C8H14N4S/c1-12(8-10-6-11-13-8)5-7-3-2-4-9-7/h6-7,9H,2-5H2,1H3. The maximum absolute atomic E-state index is 4.16. The second kappa shape index (κ2) is 4.02. The quantitative estimate of drug-likeness (QED) is 0.777. The average molecular weight is 198 g/mol. The summed E-state index contributed by atoms with van der Waals surface area (Å²) in [5.74, 6) is 0. The van der Waals surface area contributed by atoms with E-state index in [2.05, 4.69) is 26.6 Å². The lowest BCUT2D eigenvalue weighted by Gasteiger charge is -2.19. The molecule has 72 valence electrons. The molecule has 1 aliphatic heterocycles. The van der Waals surface area contributed by atoms with Crippen LogP contribution in [0.5, 0.6) is 0 Å². The number of anilines is 1. The summed E-state index contributed by atoms with van der Waals surface area (Å²) in [6.45, 7) is 2.20. The van der Waals surface area contributed by atoms with Crippen LogP contribution in [0.1, 0.15) is 12.8 Å². The zero-order chi connectivity index (χ0) is 9.10. The Morgan fingerprint density at radius 3 is 3.31 bits per heavy atom. The van der Waals surface area contributed by atoms with Crippen LogP contribution in [-0.2, 0) is 0 Å². The van der Waals surface area contributed by atoms with Crippen LogP contribution in [-0.4, -0.2) is 35.5 Å². The van der Waals surface area contributed by atoms with E-state index in [1.165, 1.54) is 24.4 Å². The van der Waals surface area contributed by atoms with Crippen LogP contribution in [0.15, 0.2) is 6.33 Å². The molecule has 1 atom stereocenters. The zero-order valence-corrected chi connectivity index (χ0v) is 8.55. The summed E-state index contributed by atoms with van der Waals surface area (Å²) in [4.78, 5) is 6.33. The molecule has 1 aliphatic rings. The molecular weight excluding hydrogens is 184 g/mol. The first-order valence-corrected chi connectivity index (χ1v) is 5.35. The topological polar surface area (TPSA) is 41.0 Å². The van der Waals surface area contributed by atoms with E-state index < -0.39 is 0 Å². The highest BCUT2D eigenvalue weighted by Gasteiger charge is 2.16. The van der Waals surface area contributed by atoms with Gasteiger partial charge in [0, 0.05) is 31.2 Å². The predicted molar refractivity (Wildman–Crippen MR) is 54.2 cm³/mol. The molecule has 0 bridgehead atoms.